The molecule has 4 fully saturated rings. The number of aromatic nitrogens is 12. The quantitative estimate of drug-likeness (QED) is 0.161. The molecule has 28 nitrogen and oxygen atoms in total. The summed E-state index contributed by atoms with van der Waals surface area (Å²) >= 11 is 0. The minimum atomic E-state index is -0.888. The van der Waals surface area contributed by atoms with E-state index >= 15 is 0 Å². The van der Waals surface area contributed by atoms with Crippen LogP contribution in [0.15, 0.2) is 92.3 Å². The lowest BCUT2D eigenvalue weighted by molar-refractivity contribution is -0.198. The number of carbonyl (C=O) groups is 4. The average Bonchev–Trinajstić information content (AvgIpc) is 4.24. The van der Waals surface area contributed by atoms with Crippen LogP contribution in [-0.4, -0.2) is 145 Å². The van der Waals surface area contributed by atoms with Gasteiger partial charge >= 0.3 is 12.2 Å². The molecular weight excluding hydrogens is 957 g/mol. The van der Waals surface area contributed by atoms with Gasteiger partial charge in [0.05, 0.1) is 12.7 Å². The molecule has 0 aliphatic carbocycles. The van der Waals surface area contributed by atoms with Crippen LogP contribution in [0.25, 0.3) is 22.3 Å². The Morgan fingerprint density at radius 1 is 0.630 bits per heavy atom. The molecule has 7 aromatic rings. The van der Waals surface area contributed by atoms with Gasteiger partial charge in [-0.1, -0.05) is 41.2 Å². The van der Waals surface area contributed by atoms with E-state index in [1.807, 2.05) is 39.8 Å². The predicted octanol–water partition coefficient (Wildman–Crippen LogP) is 2.67. The lowest BCUT2D eigenvalue weighted by atomic mass is 10.1. The van der Waals surface area contributed by atoms with Crippen LogP contribution in [-0.2, 0) is 38.0 Å². The number of hydrogen-bond acceptors (Lipinski definition) is 22. The molecule has 5 N–H and O–H groups in total. The van der Waals surface area contributed by atoms with Crippen molar-refractivity contribution in [2.75, 3.05) is 24.1 Å². The van der Waals surface area contributed by atoms with Gasteiger partial charge in [0.25, 0.3) is 11.8 Å². The van der Waals surface area contributed by atoms with Crippen LogP contribution in [0.1, 0.15) is 54.0 Å². The van der Waals surface area contributed by atoms with Gasteiger partial charge in [-0.05, 0) is 71.0 Å². The summed E-state index contributed by atoms with van der Waals surface area (Å²) < 4.78 is 49.6. The summed E-state index contributed by atoms with van der Waals surface area (Å²) in [4.78, 5) is 74.6. The van der Waals surface area contributed by atoms with Crippen LogP contribution in [0, 0.1) is 0 Å². The first-order valence-electron chi connectivity index (χ1n) is 22.9. The van der Waals surface area contributed by atoms with E-state index in [1.165, 1.54) is 19.0 Å². The van der Waals surface area contributed by atoms with Crippen LogP contribution in [0.5, 0.6) is 11.5 Å². The van der Waals surface area contributed by atoms with Crippen molar-refractivity contribution in [3.05, 3.63) is 92.3 Å². The van der Waals surface area contributed by atoms with E-state index in [-0.39, 0.29) is 23.5 Å². The van der Waals surface area contributed by atoms with Gasteiger partial charge in [0, 0.05) is 13.1 Å². The number of benzene rings is 2. The van der Waals surface area contributed by atoms with Crippen molar-refractivity contribution in [1.29, 1.82) is 0 Å². The van der Waals surface area contributed by atoms with Gasteiger partial charge in [-0.3, -0.25) is 24.0 Å². The van der Waals surface area contributed by atoms with E-state index in [2.05, 4.69) is 61.3 Å². The number of nitrogens with two attached hydrogens (primary N) is 1. The van der Waals surface area contributed by atoms with Crippen LogP contribution in [0.3, 0.4) is 0 Å². The Morgan fingerprint density at radius 2 is 1.12 bits per heavy atom. The Kier molecular flexibility index (Phi) is 14.3. The molecule has 4 aliphatic rings. The number of rotatable bonds is 9. The molecule has 5 aromatic heterocycles. The predicted molar refractivity (Wildman–Crippen MR) is 250 cm³/mol. The summed E-state index contributed by atoms with van der Waals surface area (Å²) in [7, 11) is 0. The van der Waals surface area contributed by atoms with Gasteiger partial charge in [-0.15, -0.1) is 10.2 Å². The Morgan fingerprint density at radius 3 is 1.64 bits per heavy atom. The molecule has 9 heterocycles. The van der Waals surface area contributed by atoms with Crippen molar-refractivity contribution in [3.63, 3.8) is 0 Å². The smallest absolute Gasteiger partial charge is 0.410 e. The van der Waals surface area contributed by atoms with Crippen LogP contribution in [0.2, 0.25) is 0 Å². The number of nitrogen functional groups attached to an aromatic ring is 1. The number of para-hydroxylation sites is 2. The molecule has 73 heavy (non-hydrogen) atoms. The highest BCUT2D eigenvalue weighted by atomic mass is 16.8. The maximum atomic E-state index is 12.6. The zero-order valence-corrected chi connectivity index (χ0v) is 40.0. The highest BCUT2D eigenvalue weighted by molar-refractivity contribution is 5.94. The third-order valence-corrected chi connectivity index (χ3v) is 11.2. The monoisotopic (exact) mass is 1010 g/mol. The van der Waals surface area contributed by atoms with E-state index in [9.17, 15) is 19.2 Å². The second-order valence-electron chi connectivity index (χ2n) is 17.2. The molecule has 4 saturated heterocycles. The first-order chi connectivity index (χ1) is 35.1. The van der Waals surface area contributed by atoms with E-state index in [1.54, 1.807) is 77.8 Å². The first kappa shape index (κ1) is 49.8. The number of fused-ring (bicyclic) bond motifs is 4. The second kappa shape index (κ2) is 20.9. The van der Waals surface area contributed by atoms with E-state index < -0.39 is 72.8 Å². The maximum absolute atomic E-state index is 12.6. The third-order valence-electron chi connectivity index (χ3n) is 11.2. The Hall–Kier alpha value is -8.15. The molecule has 0 saturated carbocycles. The van der Waals surface area contributed by atoms with E-state index in [4.69, 9.17) is 43.6 Å². The highest BCUT2D eigenvalue weighted by Crippen LogP contribution is 2.45. The molecule has 382 valence electrons. The van der Waals surface area contributed by atoms with Crippen molar-refractivity contribution < 1.29 is 57.1 Å². The molecular formula is C45H50N16O12. The van der Waals surface area contributed by atoms with E-state index in [0.717, 1.165) is 11.1 Å². The molecule has 28 heteroatoms. The van der Waals surface area contributed by atoms with Crippen molar-refractivity contribution in [1.82, 2.24) is 69.9 Å². The third kappa shape index (κ3) is 10.7. The molecule has 3 amide bonds. The zero-order valence-electron chi connectivity index (χ0n) is 40.0. The number of imidazole rings is 2. The molecule has 0 spiro atoms. The van der Waals surface area contributed by atoms with Gasteiger partial charge < -0.3 is 54.3 Å². The SMILES string of the molecule is CCNC(=O)[C@H]1O[C@@H](n2cnc3c(N)ncnc32)C2OC(C)(C)OC21.CCNC(=O)[C@H]1O[C@@H](n2cnc3c(NC(=O)Oc4ccccc4)ncnc32)C2OC(C)(C)OC21.O=C(Oc1ccccc1)n1ncnn1. The largest absolute Gasteiger partial charge is 0.459 e. The molecule has 4 unspecified atom stereocenters. The van der Waals surface area contributed by atoms with Crippen LogP contribution in [0.4, 0.5) is 21.2 Å². The Labute approximate surface area is 414 Å². The molecule has 4 aliphatic heterocycles. The number of amides is 3. The van der Waals surface area contributed by atoms with Gasteiger partial charge in [0.1, 0.15) is 54.1 Å². The summed E-state index contributed by atoms with van der Waals surface area (Å²) in [5.41, 5.74) is 7.55. The molecule has 2 aromatic carbocycles. The minimum Gasteiger partial charge on any atom is -0.410 e. The summed E-state index contributed by atoms with van der Waals surface area (Å²) in [6.07, 6.45) is 0.296. The van der Waals surface area contributed by atoms with Gasteiger partial charge in [0.2, 0.25) is 0 Å². The maximum Gasteiger partial charge on any atom is 0.459 e. The van der Waals surface area contributed by atoms with E-state index in [0.29, 0.717) is 46.9 Å². The number of nitrogens with zero attached hydrogens (tertiary/aromatic N) is 12. The number of ether oxygens (including phenoxy) is 8. The lowest BCUT2D eigenvalue weighted by Gasteiger charge is -2.24. The zero-order chi connectivity index (χ0) is 51.4. The second-order valence-corrected chi connectivity index (χ2v) is 17.2. The van der Waals surface area contributed by atoms with Crippen molar-refractivity contribution >= 4 is 58.0 Å². The lowest BCUT2D eigenvalue weighted by Crippen LogP contribution is -2.42. The number of tetrazole rings is 1. The summed E-state index contributed by atoms with van der Waals surface area (Å²) in [6, 6.07) is 17.3. The Bertz CT molecular complexity index is 3070. The summed E-state index contributed by atoms with van der Waals surface area (Å²) in [5, 5.41) is 18.4. The van der Waals surface area contributed by atoms with Crippen LogP contribution < -0.4 is 31.2 Å². The molecule has 0 bridgehead atoms. The summed E-state index contributed by atoms with van der Waals surface area (Å²) in [6.45, 7) is 11.8. The number of nitrogens with one attached hydrogen (secondary N) is 3. The standard InChI is InChI=1S/C22H24N6O6.C15H20N6O4.C8H6N4O2/c1-4-23-19(29)15-14-16(34-22(2,3)33-14)20(32-15)28-11-26-13-17(24-10-25-18(13)28)27-21(30)31-12-8-6-5-7-9-12;1-4-17-13(22)9-8-10(25-15(2,3)24-8)14(23-9)21-6-20-7-11(16)18-5-19-12(7)21;13-8(12-10-6-9-11-12)14-7-4-2-1-3-5-7/h5-11,14-16,20H,4H2,1-3H3,(H,23,29)(H,24,25,27,30);5-6,8-10,14H,4H2,1-3H3,(H,17,22)(H2,16,18,19);1-6H/t14?,15-,16?,20+;8?,9-,10?,14+;/m00./s1. The Balaban J connectivity index is 0.000000147. The fourth-order valence-electron chi connectivity index (χ4n) is 8.36. The topological polar surface area (TPSA) is 335 Å². The van der Waals surface area contributed by atoms with Crippen LogP contribution >= 0.6 is 0 Å². The normalized spacial score (nSPS) is 24.0. The number of carbonyl (C=O) groups excluding carboxylic acids is 4. The fourth-order valence-corrected chi connectivity index (χ4v) is 8.36. The molecule has 8 atom stereocenters. The summed E-state index contributed by atoms with van der Waals surface area (Å²) in [5.74, 6) is -0.945. The number of hydrogen-bond donors (Lipinski definition) is 4. The average molecular weight is 1010 g/mol. The number of anilines is 2. The first-order valence-corrected chi connectivity index (χ1v) is 22.9. The van der Waals surface area contributed by atoms with Crippen molar-refractivity contribution in [3.8, 4) is 11.5 Å². The fraction of sp³-hybridized carbons (Fsp3) is 0.400. The van der Waals surface area contributed by atoms with Gasteiger partial charge in [-0.25, -0.2) is 39.5 Å². The van der Waals surface area contributed by atoms with Gasteiger partial charge in [-0.2, -0.15) is 0 Å². The highest BCUT2D eigenvalue weighted by Gasteiger charge is 2.59. The molecule has 11 rings (SSSR count). The van der Waals surface area contributed by atoms with Gasteiger partial charge in [0.15, 0.2) is 71.0 Å². The molecule has 0 radical (unpaired) electrons. The minimum absolute atomic E-state index is 0.170. The number of likely N-dealkylation sites (N-methyl/N-ethyl adjacent to an activating group) is 2. The van der Waals surface area contributed by atoms with Crippen molar-refractivity contribution in [2.45, 2.75) is 102 Å². The van der Waals surface area contributed by atoms with Crippen molar-refractivity contribution in [2.24, 2.45) is 0 Å².